The summed E-state index contributed by atoms with van der Waals surface area (Å²) in [5.41, 5.74) is 0.972. The van der Waals surface area contributed by atoms with Crippen LogP contribution in [0.1, 0.15) is 37.7 Å². The van der Waals surface area contributed by atoms with Crippen molar-refractivity contribution in [1.82, 2.24) is 4.90 Å². The SMILES string of the molecule is O=C(/C=C/c1ccc2c(c1)OCCO2)N1CC[C@@H]2CCCC[C@H]2C1. The van der Waals surface area contributed by atoms with Crippen molar-refractivity contribution in [2.75, 3.05) is 26.3 Å². The summed E-state index contributed by atoms with van der Waals surface area (Å²) in [4.78, 5) is 14.5. The number of carbonyl (C=O) groups is 1. The Labute approximate surface area is 143 Å². The van der Waals surface area contributed by atoms with Gasteiger partial charge in [0.15, 0.2) is 11.5 Å². The maximum atomic E-state index is 12.5. The maximum absolute atomic E-state index is 12.5. The quantitative estimate of drug-likeness (QED) is 0.780. The molecule has 1 aliphatic carbocycles. The van der Waals surface area contributed by atoms with Crippen LogP contribution in [0.5, 0.6) is 11.5 Å². The van der Waals surface area contributed by atoms with Gasteiger partial charge in [0, 0.05) is 19.2 Å². The molecule has 4 nitrogen and oxygen atoms in total. The van der Waals surface area contributed by atoms with Crippen molar-refractivity contribution in [3.63, 3.8) is 0 Å². The first-order valence-electron chi connectivity index (χ1n) is 9.16. The van der Waals surface area contributed by atoms with E-state index >= 15 is 0 Å². The lowest BCUT2D eigenvalue weighted by Gasteiger charge is -2.41. The topological polar surface area (TPSA) is 38.8 Å². The molecule has 2 heterocycles. The van der Waals surface area contributed by atoms with E-state index in [1.54, 1.807) is 6.08 Å². The number of amides is 1. The zero-order valence-corrected chi connectivity index (χ0v) is 14.1. The minimum atomic E-state index is 0.133. The van der Waals surface area contributed by atoms with Crippen LogP contribution >= 0.6 is 0 Å². The van der Waals surface area contributed by atoms with Gasteiger partial charge in [-0.3, -0.25) is 4.79 Å². The van der Waals surface area contributed by atoms with Crippen LogP contribution in [0.15, 0.2) is 24.3 Å². The Balaban J connectivity index is 1.39. The highest BCUT2D eigenvalue weighted by Crippen LogP contribution is 2.36. The number of fused-ring (bicyclic) bond motifs is 2. The Hall–Kier alpha value is -1.97. The van der Waals surface area contributed by atoms with E-state index < -0.39 is 0 Å². The van der Waals surface area contributed by atoms with Crippen LogP contribution in [0, 0.1) is 11.8 Å². The number of carbonyl (C=O) groups excluding carboxylic acids is 1. The van der Waals surface area contributed by atoms with Crippen molar-refractivity contribution in [3.05, 3.63) is 29.8 Å². The minimum Gasteiger partial charge on any atom is -0.486 e. The van der Waals surface area contributed by atoms with Gasteiger partial charge in [0.05, 0.1) is 0 Å². The molecular formula is C20H25NO3. The molecule has 0 radical (unpaired) electrons. The third-order valence-corrected chi connectivity index (χ3v) is 5.59. The second-order valence-corrected chi connectivity index (χ2v) is 7.11. The molecule has 0 unspecified atom stereocenters. The highest BCUT2D eigenvalue weighted by Gasteiger charge is 2.32. The molecule has 1 aromatic rings. The van der Waals surface area contributed by atoms with Crippen molar-refractivity contribution < 1.29 is 14.3 Å². The number of rotatable bonds is 2. The number of piperidine rings is 1. The van der Waals surface area contributed by atoms with Gasteiger partial charge in [-0.05, 0) is 48.4 Å². The molecular weight excluding hydrogens is 302 g/mol. The van der Waals surface area contributed by atoms with Crippen LogP contribution in [0.4, 0.5) is 0 Å². The van der Waals surface area contributed by atoms with Crippen molar-refractivity contribution in [1.29, 1.82) is 0 Å². The second-order valence-electron chi connectivity index (χ2n) is 7.11. The lowest BCUT2D eigenvalue weighted by Crippen LogP contribution is -2.44. The number of hydrogen-bond acceptors (Lipinski definition) is 3. The van der Waals surface area contributed by atoms with E-state index in [-0.39, 0.29) is 5.91 Å². The second kappa shape index (κ2) is 6.88. The fourth-order valence-corrected chi connectivity index (χ4v) is 4.24. The molecule has 128 valence electrons. The van der Waals surface area contributed by atoms with Gasteiger partial charge in [-0.15, -0.1) is 0 Å². The molecule has 2 atom stereocenters. The summed E-state index contributed by atoms with van der Waals surface area (Å²) in [5, 5.41) is 0. The summed E-state index contributed by atoms with van der Waals surface area (Å²) in [7, 11) is 0. The van der Waals surface area contributed by atoms with Gasteiger partial charge in [-0.25, -0.2) is 0 Å². The Morgan fingerprint density at radius 1 is 1.04 bits per heavy atom. The van der Waals surface area contributed by atoms with Gasteiger partial charge in [0.1, 0.15) is 13.2 Å². The van der Waals surface area contributed by atoms with Crippen LogP contribution in [0.3, 0.4) is 0 Å². The molecule has 4 heteroatoms. The van der Waals surface area contributed by atoms with Gasteiger partial charge < -0.3 is 14.4 Å². The summed E-state index contributed by atoms with van der Waals surface area (Å²) >= 11 is 0. The van der Waals surface area contributed by atoms with Crippen molar-refractivity contribution in [2.24, 2.45) is 11.8 Å². The van der Waals surface area contributed by atoms with Crippen LogP contribution in [-0.2, 0) is 4.79 Å². The Morgan fingerprint density at radius 3 is 2.71 bits per heavy atom. The lowest BCUT2D eigenvalue weighted by molar-refractivity contribution is -0.128. The van der Waals surface area contributed by atoms with Crippen molar-refractivity contribution in [3.8, 4) is 11.5 Å². The van der Waals surface area contributed by atoms with Crippen LogP contribution in [0.25, 0.3) is 6.08 Å². The van der Waals surface area contributed by atoms with E-state index in [0.29, 0.717) is 13.2 Å². The third kappa shape index (κ3) is 3.28. The summed E-state index contributed by atoms with van der Waals surface area (Å²) in [6.07, 6.45) is 10.1. The summed E-state index contributed by atoms with van der Waals surface area (Å²) < 4.78 is 11.1. The van der Waals surface area contributed by atoms with Crippen molar-refractivity contribution in [2.45, 2.75) is 32.1 Å². The molecule has 0 bridgehead atoms. The first-order chi connectivity index (χ1) is 11.8. The number of likely N-dealkylation sites (tertiary alicyclic amines) is 1. The molecule has 0 aromatic heterocycles. The highest BCUT2D eigenvalue weighted by atomic mass is 16.6. The summed E-state index contributed by atoms with van der Waals surface area (Å²) in [6, 6.07) is 5.81. The predicted molar refractivity (Wildman–Crippen MR) is 93.1 cm³/mol. The molecule has 3 aliphatic rings. The molecule has 1 saturated carbocycles. The van der Waals surface area contributed by atoms with E-state index in [9.17, 15) is 4.79 Å². The smallest absolute Gasteiger partial charge is 0.246 e. The van der Waals surface area contributed by atoms with Gasteiger partial charge in [0.25, 0.3) is 0 Å². The number of hydrogen-bond donors (Lipinski definition) is 0. The fraction of sp³-hybridized carbons (Fsp3) is 0.550. The van der Waals surface area contributed by atoms with Gasteiger partial charge in [0.2, 0.25) is 5.91 Å². The van der Waals surface area contributed by atoms with E-state index in [4.69, 9.17) is 9.47 Å². The van der Waals surface area contributed by atoms with Gasteiger partial charge in [-0.2, -0.15) is 0 Å². The average Bonchev–Trinajstić information content (AvgIpc) is 2.65. The first kappa shape index (κ1) is 15.6. The van der Waals surface area contributed by atoms with E-state index in [0.717, 1.165) is 42.0 Å². The fourth-order valence-electron chi connectivity index (χ4n) is 4.24. The summed E-state index contributed by atoms with van der Waals surface area (Å²) in [6.45, 7) is 3.02. The Morgan fingerprint density at radius 2 is 1.83 bits per heavy atom. The molecule has 1 amide bonds. The zero-order chi connectivity index (χ0) is 16.4. The minimum absolute atomic E-state index is 0.133. The Bertz CT molecular complexity index is 640. The Kier molecular flexibility index (Phi) is 4.46. The van der Waals surface area contributed by atoms with Gasteiger partial charge >= 0.3 is 0 Å². The first-order valence-corrected chi connectivity index (χ1v) is 9.16. The maximum Gasteiger partial charge on any atom is 0.246 e. The van der Waals surface area contributed by atoms with Crippen LogP contribution < -0.4 is 9.47 Å². The third-order valence-electron chi connectivity index (χ3n) is 5.59. The predicted octanol–water partition coefficient (Wildman–Crippen LogP) is 3.51. The molecule has 2 aliphatic heterocycles. The molecule has 4 rings (SSSR count). The average molecular weight is 327 g/mol. The zero-order valence-electron chi connectivity index (χ0n) is 14.1. The monoisotopic (exact) mass is 327 g/mol. The molecule has 1 aromatic carbocycles. The standard InChI is InChI=1S/C20H25NO3/c22-20(21-10-9-16-3-1-2-4-17(16)14-21)8-6-15-5-7-18-19(13-15)24-12-11-23-18/h5-8,13,16-17H,1-4,9-12,14H2/b8-6+/t16-,17-/m0/s1. The summed E-state index contributed by atoms with van der Waals surface area (Å²) in [5.74, 6) is 3.25. The van der Waals surface area contributed by atoms with Crippen LogP contribution in [0.2, 0.25) is 0 Å². The van der Waals surface area contributed by atoms with Crippen LogP contribution in [-0.4, -0.2) is 37.1 Å². The lowest BCUT2D eigenvalue weighted by atomic mass is 9.75. The number of ether oxygens (including phenoxy) is 2. The molecule has 0 spiro atoms. The normalized spacial score (nSPS) is 26.2. The van der Waals surface area contributed by atoms with E-state index in [1.807, 2.05) is 29.2 Å². The highest BCUT2D eigenvalue weighted by molar-refractivity contribution is 5.92. The molecule has 24 heavy (non-hydrogen) atoms. The molecule has 1 saturated heterocycles. The largest absolute Gasteiger partial charge is 0.486 e. The number of benzene rings is 1. The van der Waals surface area contributed by atoms with E-state index in [2.05, 4.69) is 0 Å². The number of nitrogens with zero attached hydrogens (tertiary/aromatic N) is 1. The molecule has 0 N–H and O–H groups in total. The van der Waals surface area contributed by atoms with Gasteiger partial charge in [-0.1, -0.05) is 25.3 Å². The van der Waals surface area contributed by atoms with E-state index in [1.165, 1.54) is 32.1 Å². The van der Waals surface area contributed by atoms with Crippen molar-refractivity contribution >= 4 is 12.0 Å². The molecule has 2 fully saturated rings.